The van der Waals surface area contributed by atoms with E-state index in [0.717, 1.165) is 57.9 Å². The first kappa shape index (κ1) is 15.0. The van der Waals surface area contributed by atoms with Gasteiger partial charge in [-0.2, -0.15) is 0 Å². The van der Waals surface area contributed by atoms with Gasteiger partial charge in [0.25, 0.3) is 0 Å². The van der Waals surface area contributed by atoms with Gasteiger partial charge in [-0.1, -0.05) is 18.2 Å². The second-order valence-corrected chi connectivity index (χ2v) is 6.98. The predicted molar refractivity (Wildman–Crippen MR) is 94.2 cm³/mol. The fourth-order valence-corrected chi connectivity index (χ4v) is 4.02. The fraction of sp³-hybridized carbons (Fsp3) is 0.211. The Balaban J connectivity index is 1.69. The summed E-state index contributed by atoms with van der Waals surface area (Å²) in [5.41, 5.74) is 3.86. The Kier molecular flexibility index (Phi) is 3.86. The number of aryl methyl sites for hydroxylation is 1. The number of fused-ring (bicyclic) bond motifs is 1. The lowest BCUT2D eigenvalue weighted by Gasteiger charge is -2.20. The molecule has 1 aromatic carbocycles. The number of pyridine rings is 1. The largest absolute Gasteiger partial charge is 0.508 e. The summed E-state index contributed by atoms with van der Waals surface area (Å²) < 4.78 is 0. The van der Waals surface area contributed by atoms with Crippen LogP contribution in [0.2, 0.25) is 0 Å². The van der Waals surface area contributed by atoms with Crippen molar-refractivity contribution in [1.82, 2.24) is 9.97 Å². The first-order valence-corrected chi connectivity index (χ1v) is 8.77. The van der Waals surface area contributed by atoms with Gasteiger partial charge in [0, 0.05) is 17.8 Å². The number of hydrogen-bond acceptors (Lipinski definition) is 5. The van der Waals surface area contributed by atoms with E-state index in [1.807, 2.05) is 30.5 Å². The maximum atomic E-state index is 11.2. The van der Waals surface area contributed by atoms with Crippen molar-refractivity contribution in [3.05, 3.63) is 53.9 Å². The van der Waals surface area contributed by atoms with Gasteiger partial charge < -0.3 is 9.90 Å². The number of rotatable bonds is 3. The van der Waals surface area contributed by atoms with Gasteiger partial charge in [0.2, 0.25) is 0 Å². The van der Waals surface area contributed by atoms with E-state index in [9.17, 15) is 9.90 Å². The van der Waals surface area contributed by atoms with Gasteiger partial charge in [0.05, 0.1) is 10.6 Å². The number of aromatic hydroxyl groups is 1. The lowest BCUT2D eigenvalue weighted by atomic mass is 9.86. The summed E-state index contributed by atoms with van der Waals surface area (Å²) in [5, 5.41) is 10.5. The number of aromatic nitrogens is 2. The Morgan fingerprint density at radius 3 is 3.00 bits per heavy atom. The van der Waals surface area contributed by atoms with Crippen LogP contribution in [0.1, 0.15) is 30.0 Å². The summed E-state index contributed by atoms with van der Waals surface area (Å²) >= 11 is 1.55. The Bertz CT molecular complexity index is 904. The standard InChI is InChI=1S/C19H16N2O2S/c22-11-13-4-2-6-16-15(13)7-8-17(21-16)19-20-10-18(24-19)12-3-1-5-14(23)9-12/h1,3,5,7-11,13,23H,2,4,6H2. The van der Waals surface area contributed by atoms with E-state index in [1.165, 1.54) is 0 Å². The fourth-order valence-electron chi connectivity index (χ4n) is 3.14. The Hall–Kier alpha value is -2.53. The van der Waals surface area contributed by atoms with Gasteiger partial charge in [0.1, 0.15) is 17.0 Å². The van der Waals surface area contributed by atoms with Crippen LogP contribution in [0.15, 0.2) is 42.6 Å². The van der Waals surface area contributed by atoms with E-state index in [4.69, 9.17) is 4.98 Å². The maximum absolute atomic E-state index is 11.2. The number of hydrogen-bond donors (Lipinski definition) is 1. The van der Waals surface area contributed by atoms with E-state index in [0.29, 0.717) is 0 Å². The molecule has 0 bridgehead atoms. The van der Waals surface area contributed by atoms with Gasteiger partial charge in [-0.3, -0.25) is 0 Å². The Labute approximate surface area is 143 Å². The zero-order valence-electron chi connectivity index (χ0n) is 13.0. The minimum absolute atomic E-state index is 0.0190. The van der Waals surface area contributed by atoms with Crippen LogP contribution in [-0.2, 0) is 11.2 Å². The van der Waals surface area contributed by atoms with E-state index < -0.39 is 0 Å². The number of nitrogens with zero attached hydrogens (tertiary/aromatic N) is 2. The van der Waals surface area contributed by atoms with Crippen LogP contribution in [0, 0.1) is 0 Å². The molecule has 2 heterocycles. The van der Waals surface area contributed by atoms with Crippen LogP contribution < -0.4 is 0 Å². The molecule has 0 fully saturated rings. The summed E-state index contributed by atoms with van der Waals surface area (Å²) in [6.45, 7) is 0. The van der Waals surface area contributed by atoms with Gasteiger partial charge in [-0.05, 0) is 48.6 Å². The van der Waals surface area contributed by atoms with Crippen molar-refractivity contribution < 1.29 is 9.90 Å². The molecule has 1 aliphatic rings. The topological polar surface area (TPSA) is 63.1 Å². The maximum Gasteiger partial charge on any atom is 0.142 e. The number of thiazole rings is 1. The number of carbonyl (C=O) groups is 1. The molecule has 5 heteroatoms. The van der Waals surface area contributed by atoms with E-state index >= 15 is 0 Å². The number of phenolic OH excluding ortho intramolecular Hbond substituents is 1. The molecule has 2 aromatic heterocycles. The average Bonchev–Trinajstić information content (AvgIpc) is 3.11. The van der Waals surface area contributed by atoms with Gasteiger partial charge in [-0.15, -0.1) is 11.3 Å². The predicted octanol–water partition coefficient (Wildman–Crippen LogP) is 4.20. The molecule has 0 aliphatic heterocycles. The van der Waals surface area contributed by atoms with Crippen LogP contribution in [0.25, 0.3) is 21.1 Å². The van der Waals surface area contributed by atoms with Crippen molar-refractivity contribution in [2.45, 2.75) is 25.2 Å². The number of carbonyl (C=O) groups excluding carboxylic acids is 1. The normalized spacial score (nSPS) is 16.6. The quantitative estimate of drug-likeness (QED) is 0.728. The molecule has 0 amide bonds. The summed E-state index contributed by atoms with van der Waals surface area (Å²) in [5.74, 6) is 0.226. The molecule has 24 heavy (non-hydrogen) atoms. The summed E-state index contributed by atoms with van der Waals surface area (Å²) in [4.78, 5) is 21.4. The van der Waals surface area contributed by atoms with E-state index in [2.05, 4.69) is 4.98 Å². The molecule has 0 saturated carbocycles. The average molecular weight is 336 g/mol. The molecule has 0 saturated heterocycles. The molecule has 4 rings (SSSR count). The first-order valence-electron chi connectivity index (χ1n) is 7.95. The van der Waals surface area contributed by atoms with Crippen LogP contribution in [-0.4, -0.2) is 21.4 Å². The first-order chi connectivity index (χ1) is 11.7. The van der Waals surface area contributed by atoms with Gasteiger partial charge in [-0.25, -0.2) is 9.97 Å². The van der Waals surface area contributed by atoms with Crippen molar-refractivity contribution in [2.75, 3.05) is 0 Å². The van der Waals surface area contributed by atoms with Crippen LogP contribution in [0.5, 0.6) is 5.75 Å². The van der Waals surface area contributed by atoms with E-state index in [-0.39, 0.29) is 11.7 Å². The zero-order valence-corrected chi connectivity index (χ0v) is 13.8. The molecule has 0 radical (unpaired) electrons. The van der Waals surface area contributed by atoms with Crippen LogP contribution in [0.4, 0.5) is 0 Å². The molecule has 1 atom stereocenters. The summed E-state index contributed by atoms with van der Waals surface area (Å²) in [7, 11) is 0. The van der Waals surface area contributed by atoms with Crippen molar-refractivity contribution in [3.8, 4) is 26.9 Å². The molecule has 120 valence electrons. The summed E-state index contributed by atoms with van der Waals surface area (Å²) in [6, 6.07) is 11.1. The molecular weight excluding hydrogens is 320 g/mol. The third-order valence-corrected chi connectivity index (χ3v) is 5.43. The number of benzene rings is 1. The minimum atomic E-state index is -0.0190. The monoisotopic (exact) mass is 336 g/mol. The third kappa shape index (κ3) is 2.71. The SMILES string of the molecule is O=CC1CCCc2nc(-c3ncc(-c4cccc(O)c4)s3)ccc21. The third-order valence-electron chi connectivity index (χ3n) is 4.36. The Morgan fingerprint density at radius 1 is 1.25 bits per heavy atom. The molecule has 3 aromatic rings. The second-order valence-electron chi connectivity index (χ2n) is 5.95. The highest BCUT2D eigenvalue weighted by molar-refractivity contribution is 7.18. The van der Waals surface area contributed by atoms with Gasteiger partial charge >= 0.3 is 0 Å². The molecule has 1 unspecified atom stereocenters. The Morgan fingerprint density at radius 2 is 2.17 bits per heavy atom. The molecule has 1 N–H and O–H groups in total. The highest BCUT2D eigenvalue weighted by Gasteiger charge is 2.21. The molecule has 1 aliphatic carbocycles. The highest BCUT2D eigenvalue weighted by Crippen LogP contribution is 2.35. The minimum Gasteiger partial charge on any atom is -0.508 e. The lowest BCUT2D eigenvalue weighted by Crippen LogP contribution is -2.12. The lowest BCUT2D eigenvalue weighted by molar-refractivity contribution is -0.109. The number of phenols is 1. The smallest absolute Gasteiger partial charge is 0.142 e. The van der Waals surface area contributed by atoms with Crippen LogP contribution in [0.3, 0.4) is 0 Å². The molecule has 4 nitrogen and oxygen atoms in total. The van der Waals surface area contributed by atoms with Crippen molar-refractivity contribution in [3.63, 3.8) is 0 Å². The number of aldehydes is 1. The van der Waals surface area contributed by atoms with Crippen LogP contribution >= 0.6 is 11.3 Å². The highest BCUT2D eigenvalue weighted by atomic mass is 32.1. The zero-order chi connectivity index (χ0) is 16.5. The van der Waals surface area contributed by atoms with Crippen molar-refractivity contribution >= 4 is 17.6 Å². The molecular formula is C19H16N2O2S. The van der Waals surface area contributed by atoms with Gasteiger partial charge in [0.15, 0.2) is 0 Å². The van der Waals surface area contributed by atoms with Crippen molar-refractivity contribution in [1.29, 1.82) is 0 Å². The summed E-state index contributed by atoms with van der Waals surface area (Å²) in [6.07, 6.45) is 5.67. The van der Waals surface area contributed by atoms with E-state index in [1.54, 1.807) is 23.5 Å². The second kappa shape index (κ2) is 6.17. The molecule has 0 spiro atoms. The van der Waals surface area contributed by atoms with Crippen molar-refractivity contribution in [2.24, 2.45) is 0 Å².